The Hall–Kier alpha value is -2.86. The third-order valence-electron chi connectivity index (χ3n) is 6.34. The first-order chi connectivity index (χ1) is 18.8. The summed E-state index contributed by atoms with van der Waals surface area (Å²) in [5.41, 5.74) is -8.01. The average Bonchev–Trinajstić information content (AvgIpc) is 2.76. The van der Waals surface area contributed by atoms with E-state index in [9.17, 15) is 39.9 Å². The molecule has 0 aliphatic heterocycles. The molecule has 0 saturated heterocycles. The van der Waals surface area contributed by atoms with Gasteiger partial charge in [0.05, 0.1) is 16.8 Å². The molecule has 2 atom stereocenters. The number of nitrogens with zero attached hydrogens (tertiary/aromatic N) is 1. The number of benzene rings is 1. The lowest BCUT2D eigenvalue weighted by Crippen LogP contribution is -2.55. The third kappa shape index (κ3) is 7.75. The Balaban J connectivity index is 3.16. The van der Waals surface area contributed by atoms with Crippen molar-refractivity contribution in [3.05, 3.63) is 46.6 Å². The number of alkyl halides is 3. The second-order valence-electron chi connectivity index (χ2n) is 11.4. The van der Waals surface area contributed by atoms with E-state index in [1.165, 1.54) is 46.8 Å². The maximum atomic E-state index is 14.9. The van der Waals surface area contributed by atoms with Gasteiger partial charge in [0.2, 0.25) is 0 Å². The van der Waals surface area contributed by atoms with Crippen molar-refractivity contribution in [3.8, 4) is 12.3 Å². The quantitative estimate of drug-likeness (QED) is 0.368. The summed E-state index contributed by atoms with van der Waals surface area (Å²) in [6.07, 6.45) is -0.198. The predicted molar refractivity (Wildman–Crippen MR) is 152 cm³/mol. The van der Waals surface area contributed by atoms with Crippen molar-refractivity contribution in [3.63, 3.8) is 0 Å². The molecule has 1 aromatic carbocycles. The summed E-state index contributed by atoms with van der Waals surface area (Å²) in [5.74, 6) is -0.416. The minimum atomic E-state index is -5.45. The summed E-state index contributed by atoms with van der Waals surface area (Å²) in [5, 5.41) is 13.1. The van der Waals surface area contributed by atoms with Crippen LogP contribution in [0.2, 0.25) is 5.02 Å². The zero-order valence-electron chi connectivity index (χ0n) is 23.9. The van der Waals surface area contributed by atoms with Gasteiger partial charge in [-0.05, 0) is 50.1 Å². The van der Waals surface area contributed by atoms with Gasteiger partial charge in [-0.3, -0.25) is 5.32 Å². The van der Waals surface area contributed by atoms with Gasteiger partial charge in [-0.2, -0.15) is 13.2 Å². The van der Waals surface area contributed by atoms with Crippen LogP contribution in [0.5, 0.6) is 0 Å². The number of aliphatic hydroxyl groups is 1. The highest BCUT2D eigenvalue weighted by Gasteiger charge is 2.63. The summed E-state index contributed by atoms with van der Waals surface area (Å²) < 4.78 is 100. The van der Waals surface area contributed by atoms with Crippen LogP contribution in [-0.2, 0) is 29.8 Å². The molecule has 0 fully saturated rings. The van der Waals surface area contributed by atoms with Crippen LogP contribution in [0.25, 0.3) is 0 Å². The second-order valence-corrected chi connectivity index (χ2v) is 15.8. The number of aromatic nitrogens is 1. The number of halogens is 4. The smallest absolute Gasteiger partial charge is 0.418 e. The van der Waals surface area contributed by atoms with E-state index >= 15 is 0 Å². The van der Waals surface area contributed by atoms with E-state index in [1.807, 2.05) is 5.92 Å². The lowest BCUT2D eigenvalue weighted by Gasteiger charge is -2.46. The Morgan fingerprint density at radius 3 is 2.12 bits per heavy atom. The Morgan fingerprint density at radius 2 is 1.67 bits per heavy atom. The van der Waals surface area contributed by atoms with Crippen molar-refractivity contribution in [2.45, 2.75) is 79.7 Å². The number of carbonyl (C=O) groups is 1. The third-order valence-corrected chi connectivity index (χ3v) is 8.69. The number of pyridine rings is 1. The molecule has 0 saturated carbocycles. The zero-order valence-corrected chi connectivity index (χ0v) is 26.3. The van der Waals surface area contributed by atoms with Crippen molar-refractivity contribution in [2.75, 3.05) is 17.8 Å². The molecular weight excluding hydrogens is 621 g/mol. The molecule has 2 aromatic rings. The lowest BCUT2D eigenvalue weighted by molar-refractivity contribution is -0.272. The number of hydrogen-bond acceptors (Lipinski definition) is 8. The molecule has 15 heteroatoms. The van der Waals surface area contributed by atoms with E-state index in [-0.39, 0.29) is 10.6 Å². The SMILES string of the molecule is C#CCC(O)(C(c1cc(S(C)(=O)=O)ncc1NC(=O)OC(C)(C)C)C(C)(C)c1ccc(Cl)cc1S(C)(=O)=O)C(F)(F)F. The van der Waals surface area contributed by atoms with E-state index in [2.05, 4.69) is 10.3 Å². The van der Waals surface area contributed by atoms with Crippen molar-refractivity contribution >= 4 is 43.1 Å². The number of anilines is 1. The van der Waals surface area contributed by atoms with Crippen LogP contribution in [0.3, 0.4) is 0 Å². The summed E-state index contributed by atoms with van der Waals surface area (Å²) in [6.45, 7) is 7.05. The monoisotopic (exact) mass is 652 g/mol. The van der Waals surface area contributed by atoms with Gasteiger partial charge in [-0.25, -0.2) is 26.6 Å². The highest BCUT2D eigenvalue weighted by atomic mass is 35.5. The van der Waals surface area contributed by atoms with Crippen LogP contribution < -0.4 is 5.32 Å². The van der Waals surface area contributed by atoms with Gasteiger partial charge in [0, 0.05) is 35.3 Å². The van der Waals surface area contributed by atoms with Crippen LogP contribution >= 0.6 is 11.6 Å². The van der Waals surface area contributed by atoms with Crippen molar-refractivity contribution in [2.24, 2.45) is 0 Å². The summed E-state index contributed by atoms with van der Waals surface area (Å²) in [6, 6.07) is 4.27. The molecular formula is C27H32ClF3N2O7S2. The van der Waals surface area contributed by atoms with Crippen molar-refractivity contribution in [1.29, 1.82) is 0 Å². The van der Waals surface area contributed by atoms with Crippen LogP contribution in [0.4, 0.5) is 23.7 Å². The van der Waals surface area contributed by atoms with Crippen molar-refractivity contribution < 1.29 is 44.6 Å². The van der Waals surface area contributed by atoms with Crippen LogP contribution in [0, 0.1) is 12.3 Å². The molecule has 42 heavy (non-hydrogen) atoms. The zero-order chi connectivity index (χ0) is 32.7. The van der Waals surface area contributed by atoms with E-state index in [4.69, 9.17) is 22.8 Å². The van der Waals surface area contributed by atoms with Gasteiger partial charge in [0.25, 0.3) is 0 Å². The average molecular weight is 653 g/mol. The minimum absolute atomic E-state index is 0.0308. The number of sulfone groups is 2. The molecule has 2 unspecified atom stereocenters. The first-order valence-corrected chi connectivity index (χ1v) is 16.3. The number of hydrogen-bond donors (Lipinski definition) is 2. The maximum Gasteiger partial charge on any atom is 0.418 e. The van der Waals surface area contributed by atoms with E-state index < -0.39 is 82.1 Å². The molecule has 0 aliphatic carbocycles. The normalized spacial score (nSPS) is 15.3. The fourth-order valence-corrected chi connectivity index (χ4v) is 6.56. The van der Waals surface area contributed by atoms with Gasteiger partial charge < -0.3 is 9.84 Å². The summed E-state index contributed by atoms with van der Waals surface area (Å²) >= 11 is 6.03. The first kappa shape index (κ1) is 35.3. The van der Waals surface area contributed by atoms with Gasteiger partial charge in [-0.1, -0.05) is 31.5 Å². The van der Waals surface area contributed by atoms with Crippen LogP contribution in [0.15, 0.2) is 40.4 Å². The van der Waals surface area contributed by atoms with Gasteiger partial charge in [-0.15, -0.1) is 12.3 Å². The topological polar surface area (TPSA) is 140 Å². The molecule has 232 valence electrons. The van der Waals surface area contributed by atoms with Gasteiger partial charge in [0.15, 0.2) is 30.3 Å². The fourth-order valence-electron chi connectivity index (χ4n) is 4.67. The molecule has 0 spiro atoms. The van der Waals surface area contributed by atoms with Gasteiger partial charge >= 0.3 is 12.3 Å². The molecule has 2 N–H and O–H groups in total. The highest BCUT2D eigenvalue weighted by Crippen LogP contribution is 2.55. The maximum absolute atomic E-state index is 14.9. The largest absolute Gasteiger partial charge is 0.444 e. The standard InChI is InChI=1S/C27H32ClF3N2O7S2/c1-9-12-26(35,27(29,30)31)22(25(5,6)18-11-10-16(28)13-20(18)41(7,36)37)17-14-21(42(8,38)39)32-15-19(17)33-23(34)40-24(2,3)4/h1,10-11,13-15,22,35H,12H2,2-8H3,(H,33,34). The molecule has 1 heterocycles. The van der Waals surface area contributed by atoms with E-state index in [0.29, 0.717) is 0 Å². The van der Waals surface area contributed by atoms with Crippen molar-refractivity contribution in [1.82, 2.24) is 4.98 Å². The Bertz CT molecular complexity index is 1630. The van der Waals surface area contributed by atoms with Crippen LogP contribution in [0.1, 0.15) is 58.1 Å². The number of ether oxygens (including phenoxy) is 1. The van der Waals surface area contributed by atoms with Gasteiger partial charge in [0.1, 0.15) is 5.60 Å². The number of terminal acetylenes is 1. The summed E-state index contributed by atoms with van der Waals surface area (Å²) in [4.78, 5) is 16.1. The predicted octanol–water partition coefficient (Wildman–Crippen LogP) is 5.27. The Kier molecular flexibility index (Phi) is 9.82. The number of rotatable bonds is 8. The molecule has 1 aromatic heterocycles. The van der Waals surface area contributed by atoms with E-state index in [1.54, 1.807) is 0 Å². The first-order valence-electron chi connectivity index (χ1n) is 12.2. The fraction of sp³-hybridized carbons (Fsp3) is 0.481. The highest BCUT2D eigenvalue weighted by molar-refractivity contribution is 7.91. The van der Waals surface area contributed by atoms with Crippen LogP contribution in [-0.4, -0.2) is 62.9 Å². The molecule has 9 nitrogen and oxygen atoms in total. The summed E-state index contributed by atoms with van der Waals surface area (Å²) in [7, 11) is -8.26. The number of nitrogens with one attached hydrogen (secondary N) is 1. The molecule has 0 aliphatic rings. The molecule has 0 radical (unpaired) electrons. The Morgan fingerprint density at radius 1 is 1.10 bits per heavy atom. The second kappa shape index (κ2) is 11.7. The number of carbonyl (C=O) groups excluding carboxylic acids is 1. The lowest BCUT2D eigenvalue weighted by atomic mass is 9.61. The van der Waals surface area contributed by atoms with E-state index in [0.717, 1.165) is 30.8 Å². The molecule has 1 amide bonds. The molecule has 0 bridgehead atoms. The number of amides is 1. The molecule has 2 rings (SSSR count). The Labute approximate surface area is 248 Å². The minimum Gasteiger partial charge on any atom is -0.444 e.